The average Bonchev–Trinajstić information content (AvgIpc) is 2.89. The van der Waals surface area contributed by atoms with Crippen molar-refractivity contribution in [2.45, 2.75) is 45.2 Å². The van der Waals surface area contributed by atoms with Gasteiger partial charge in [0.1, 0.15) is 6.04 Å². The van der Waals surface area contributed by atoms with E-state index in [2.05, 4.69) is 10.6 Å². The number of rotatable bonds is 2. The van der Waals surface area contributed by atoms with Gasteiger partial charge in [-0.2, -0.15) is 0 Å². The van der Waals surface area contributed by atoms with Crippen LogP contribution in [0, 0.1) is 0 Å². The average molecular weight is 324 g/mol. The molecule has 0 radical (unpaired) electrons. The van der Waals surface area contributed by atoms with E-state index in [9.17, 15) is 9.59 Å². The van der Waals surface area contributed by atoms with Crippen molar-refractivity contribution in [2.24, 2.45) is 0 Å². The van der Waals surface area contributed by atoms with Crippen LogP contribution in [-0.2, 0) is 4.79 Å². The minimum atomic E-state index is -0.411. The smallest absolute Gasteiger partial charge is 0.322 e. The van der Waals surface area contributed by atoms with E-state index in [1.54, 1.807) is 29.2 Å². The van der Waals surface area contributed by atoms with Crippen LogP contribution in [0.25, 0.3) is 0 Å². The lowest BCUT2D eigenvalue weighted by molar-refractivity contribution is -0.126. The van der Waals surface area contributed by atoms with E-state index in [-0.39, 0.29) is 17.5 Å². The molecular formula is C16H22ClN3O2. The molecule has 0 unspecified atom stereocenters. The molecule has 0 aromatic heterocycles. The van der Waals surface area contributed by atoms with Crippen LogP contribution >= 0.6 is 11.6 Å². The van der Waals surface area contributed by atoms with Gasteiger partial charge in [0, 0.05) is 22.8 Å². The molecule has 2 N–H and O–H groups in total. The lowest BCUT2D eigenvalue weighted by Crippen LogP contribution is -2.52. The fourth-order valence-electron chi connectivity index (χ4n) is 2.46. The van der Waals surface area contributed by atoms with E-state index < -0.39 is 6.04 Å². The highest BCUT2D eigenvalue weighted by Gasteiger charge is 2.35. The number of urea groups is 1. The number of likely N-dealkylation sites (tertiary alicyclic amines) is 1. The van der Waals surface area contributed by atoms with Gasteiger partial charge in [-0.05, 0) is 57.9 Å². The van der Waals surface area contributed by atoms with Gasteiger partial charge in [-0.3, -0.25) is 4.79 Å². The maximum atomic E-state index is 12.4. The van der Waals surface area contributed by atoms with Crippen molar-refractivity contribution in [2.75, 3.05) is 11.9 Å². The number of nitrogens with zero attached hydrogens (tertiary/aromatic N) is 1. The molecule has 2 rings (SSSR count). The largest absolute Gasteiger partial charge is 0.350 e. The Bertz CT molecular complexity index is 552. The highest BCUT2D eigenvalue weighted by molar-refractivity contribution is 6.30. The van der Waals surface area contributed by atoms with Gasteiger partial charge < -0.3 is 15.5 Å². The predicted octanol–water partition coefficient (Wildman–Crippen LogP) is 3.25. The summed E-state index contributed by atoms with van der Waals surface area (Å²) in [6, 6.07) is 6.23. The van der Waals surface area contributed by atoms with Crippen LogP contribution in [0.3, 0.4) is 0 Å². The zero-order chi connectivity index (χ0) is 16.3. The SMILES string of the molecule is CC(C)(C)NC(=O)[C@H]1CCCN1C(=O)Nc1ccc(Cl)cc1. The summed E-state index contributed by atoms with van der Waals surface area (Å²) in [5.74, 6) is -0.101. The zero-order valence-electron chi connectivity index (χ0n) is 13.1. The third-order valence-corrected chi connectivity index (χ3v) is 3.66. The number of nitrogens with one attached hydrogen (secondary N) is 2. The number of amides is 3. The van der Waals surface area contributed by atoms with E-state index in [0.29, 0.717) is 23.7 Å². The van der Waals surface area contributed by atoms with Crippen molar-refractivity contribution < 1.29 is 9.59 Å². The summed E-state index contributed by atoms with van der Waals surface area (Å²) < 4.78 is 0. The summed E-state index contributed by atoms with van der Waals surface area (Å²) in [6.07, 6.45) is 1.52. The Labute approximate surface area is 136 Å². The molecule has 0 spiro atoms. The molecule has 3 amide bonds. The number of hydrogen-bond acceptors (Lipinski definition) is 2. The maximum absolute atomic E-state index is 12.4. The van der Waals surface area contributed by atoms with Crippen LogP contribution in [0.5, 0.6) is 0 Å². The highest BCUT2D eigenvalue weighted by atomic mass is 35.5. The predicted molar refractivity (Wildman–Crippen MR) is 88.1 cm³/mol. The van der Waals surface area contributed by atoms with Crippen molar-refractivity contribution in [3.05, 3.63) is 29.3 Å². The molecule has 1 fully saturated rings. The Morgan fingerprint density at radius 3 is 2.45 bits per heavy atom. The Morgan fingerprint density at radius 2 is 1.86 bits per heavy atom. The maximum Gasteiger partial charge on any atom is 0.322 e. The quantitative estimate of drug-likeness (QED) is 0.877. The van der Waals surface area contributed by atoms with Crippen LogP contribution in [-0.4, -0.2) is 35.0 Å². The second-order valence-corrected chi connectivity index (χ2v) is 6.96. The van der Waals surface area contributed by atoms with Gasteiger partial charge in [-0.25, -0.2) is 4.79 Å². The topological polar surface area (TPSA) is 61.4 Å². The monoisotopic (exact) mass is 323 g/mol. The number of anilines is 1. The first-order valence-electron chi connectivity index (χ1n) is 7.41. The third-order valence-electron chi connectivity index (χ3n) is 3.41. The third kappa shape index (κ3) is 4.37. The van der Waals surface area contributed by atoms with Crippen LogP contribution in [0.2, 0.25) is 5.02 Å². The Morgan fingerprint density at radius 1 is 1.23 bits per heavy atom. The van der Waals surface area contributed by atoms with Crippen molar-refractivity contribution in [3.63, 3.8) is 0 Å². The van der Waals surface area contributed by atoms with Crippen molar-refractivity contribution in [1.29, 1.82) is 0 Å². The molecule has 1 aliphatic rings. The highest BCUT2D eigenvalue weighted by Crippen LogP contribution is 2.20. The summed E-state index contributed by atoms with van der Waals surface area (Å²) in [5.41, 5.74) is 0.356. The number of halogens is 1. The van der Waals surface area contributed by atoms with Crippen LogP contribution in [0.15, 0.2) is 24.3 Å². The molecule has 1 aromatic rings. The molecule has 1 atom stereocenters. The van der Waals surface area contributed by atoms with E-state index in [1.165, 1.54) is 0 Å². The van der Waals surface area contributed by atoms with Gasteiger partial charge in [-0.15, -0.1) is 0 Å². The van der Waals surface area contributed by atoms with Gasteiger partial charge in [0.2, 0.25) is 5.91 Å². The Kier molecular flexibility index (Phi) is 4.96. The summed E-state index contributed by atoms with van der Waals surface area (Å²) in [6.45, 7) is 6.37. The first-order valence-corrected chi connectivity index (χ1v) is 7.79. The van der Waals surface area contributed by atoms with E-state index in [0.717, 1.165) is 6.42 Å². The van der Waals surface area contributed by atoms with Gasteiger partial charge in [0.15, 0.2) is 0 Å². The summed E-state index contributed by atoms with van der Waals surface area (Å²) in [5, 5.41) is 6.36. The molecule has 0 aliphatic carbocycles. The lowest BCUT2D eigenvalue weighted by Gasteiger charge is -2.28. The zero-order valence-corrected chi connectivity index (χ0v) is 13.9. The van der Waals surface area contributed by atoms with E-state index >= 15 is 0 Å². The van der Waals surface area contributed by atoms with Gasteiger partial charge in [0.25, 0.3) is 0 Å². The molecule has 1 aliphatic heterocycles. The number of carbonyl (C=O) groups is 2. The molecule has 22 heavy (non-hydrogen) atoms. The summed E-state index contributed by atoms with van der Waals surface area (Å²) >= 11 is 5.83. The van der Waals surface area contributed by atoms with Crippen LogP contribution < -0.4 is 10.6 Å². The molecule has 5 nitrogen and oxygen atoms in total. The second kappa shape index (κ2) is 6.57. The Hall–Kier alpha value is -1.75. The van der Waals surface area contributed by atoms with Crippen LogP contribution in [0.4, 0.5) is 10.5 Å². The molecule has 0 bridgehead atoms. The first kappa shape index (κ1) is 16.6. The number of carbonyl (C=O) groups excluding carboxylic acids is 2. The van der Waals surface area contributed by atoms with E-state index in [4.69, 9.17) is 11.6 Å². The molecule has 1 aromatic carbocycles. The standard InChI is InChI=1S/C16H22ClN3O2/c1-16(2,3)19-14(21)13-5-4-10-20(13)15(22)18-12-8-6-11(17)7-9-12/h6-9,13H,4-5,10H2,1-3H3,(H,18,22)(H,19,21)/t13-/m1/s1. The van der Waals surface area contributed by atoms with Crippen molar-refractivity contribution in [3.8, 4) is 0 Å². The van der Waals surface area contributed by atoms with Gasteiger partial charge >= 0.3 is 6.03 Å². The van der Waals surface area contributed by atoms with Crippen molar-refractivity contribution >= 4 is 29.2 Å². The molecular weight excluding hydrogens is 302 g/mol. The number of benzene rings is 1. The minimum absolute atomic E-state index is 0.101. The number of hydrogen-bond donors (Lipinski definition) is 2. The first-order chi connectivity index (χ1) is 10.3. The second-order valence-electron chi connectivity index (χ2n) is 6.53. The minimum Gasteiger partial charge on any atom is -0.350 e. The fourth-order valence-corrected chi connectivity index (χ4v) is 2.59. The molecule has 120 valence electrons. The van der Waals surface area contributed by atoms with E-state index in [1.807, 2.05) is 20.8 Å². The van der Waals surface area contributed by atoms with Gasteiger partial charge in [0.05, 0.1) is 0 Å². The van der Waals surface area contributed by atoms with Crippen LogP contribution in [0.1, 0.15) is 33.6 Å². The summed E-state index contributed by atoms with van der Waals surface area (Å²) in [7, 11) is 0. The normalized spacial score (nSPS) is 18.2. The van der Waals surface area contributed by atoms with Crippen molar-refractivity contribution in [1.82, 2.24) is 10.2 Å². The molecule has 1 heterocycles. The molecule has 1 saturated heterocycles. The van der Waals surface area contributed by atoms with Gasteiger partial charge in [-0.1, -0.05) is 11.6 Å². The lowest BCUT2D eigenvalue weighted by atomic mass is 10.1. The fraction of sp³-hybridized carbons (Fsp3) is 0.500. The summed E-state index contributed by atoms with van der Waals surface area (Å²) in [4.78, 5) is 26.3. The molecule has 0 saturated carbocycles. The Balaban J connectivity index is 2.01. The molecule has 6 heteroatoms.